The number of benzene rings is 1. The molecule has 1 aromatic carbocycles. The molecule has 1 atom stereocenters. The first-order chi connectivity index (χ1) is 8.05. The summed E-state index contributed by atoms with van der Waals surface area (Å²) < 4.78 is 23.8. The number of carbonyl (C=O) groups excluding carboxylic acids is 1. The molecule has 0 aliphatic carbocycles. The van der Waals surface area contributed by atoms with Crippen molar-refractivity contribution in [1.82, 2.24) is 5.32 Å². The molecule has 17 heavy (non-hydrogen) atoms. The number of carbonyl (C=O) groups is 1. The summed E-state index contributed by atoms with van der Waals surface area (Å²) in [6, 6.07) is 8.88. The van der Waals surface area contributed by atoms with E-state index >= 15 is 0 Å². The summed E-state index contributed by atoms with van der Waals surface area (Å²) in [5, 5.41) is 2.68. The van der Waals surface area contributed by atoms with Crippen LogP contribution in [0.1, 0.15) is 18.4 Å². The summed E-state index contributed by atoms with van der Waals surface area (Å²) in [4.78, 5) is 11.0. The highest BCUT2D eigenvalue weighted by Crippen LogP contribution is 2.12. The third kappa shape index (κ3) is 3.56. The third-order valence-electron chi connectivity index (χ3n) is 2.77. The van der Waals surface area contributed by atoms with Gasteiger partial charge in [-0.1, -0.05) is 30.3 Å². The van der Waals surface area contributed by atoms with Gasteiger partial charge in [-0.25, -0.2) is 8.42 Å². The average molecular weight is 253 g/mol. The zero-order chi connectivity index (χ0) is 12.3. The minimum absolute atomic E-state index is 0.0354. The maximum absolute atomic E-state index is 11.9. The second-order valence-corrected chi connectivity index (χ2v) is 6.45. The molecule has 5 heteroatoms. The Labute approximate surface area is 101 Å². The topological polar surface area (TPSA) is 63.2 Å². The fourth-order valence-corrected chi connectivity index (χ4v) is 3.68. The van der Waals surface area contributed by atoms with Gasteiger partial charge in [-0.3, -0.25) is 4.79 Å². The van der Waals surface area contributed by atoms with Crippen LogP contribution in [0.3, 0.4) is 0 Å². The summed E-state index contributed by atoms with van der Waals surface area (Å²) in [7, 11) is -3.16. The van der Waals surface area contributed by atoms with Crippen LogP contribution in [0.4, 0.5) is 0 Å². The van der Waals surface area contributed by atoms with Crippen molar-refractivity contribution in [2.45, 2.75) is 24.6 Å². The van der Waals surface area contributed by atoms with Gasteiger partial charge in [-0.2, -0.15) is 0 Å². The molecule has 1 fully saturated rings. The van der Waals surface area contributed by atoms with Crippen molar-refractivity contribution in [3.05, 3.63) is 35.9 Å². The van der Waals surface area contributed by atoms with Gasteiger partial charge in [-0.05, 0) is 12.0 Å². The summed E-state index contributed by atoms with van der Waals surface area (Å²) in [5.74, 6) is 0.0262. The van der Waals surface area contributed by atoms with Gasteiger partial charge in [0.15, 0.2) is 9.84 Å². The number of nitrogens with one attached hydrogen (secondary N) is 1. The van der Waals surface area contributed by atoms with Gasteiger partial charge >= 0.3 is 0 Å². The lowest BCUT2D eigenvalue weighted by molar-refractivity contribution is -0.119. The average Bonchev–Trinajstić information content (AvgIpc) is 2.63. The van der Waals surface area contributed by atoms with Crippen LogP contribution < -0.4 is 5.32 Å². The predicted molar refractivity (Wildman–Crippen MR) is 65.1 cm³/mol. The van der Waals surface area contributed by atoms with Crippen molar-refractivity contribution in [3.63, 3.8) is 0 Å². The zero-order valence-electron chi connectivity index (χ0n) is 9.43. The van der Waals surface area contributed by atoms with E-state index in [0.29, 0.717) is 12.8 Å². The number of rotatable bonds is 4. The number of sulfone groups is 1. The summed E-state index contributed by atoms with van der Waals surface area (Å²) >= 11 is 0. The lowest BCUT2D eigenvalue weighted by Crippen LogP contribution is -2.32. The van der Waals surface area contributed by atoms with E-state index < -0.39 is 9.84 Å². The van der Waals surface area contributed by atoms with E-state index in [2.05, 4.69) is 5.32 Å². The summed E-state index contributed by atoms with van der Waals surface area (Å²) in [6.07, 6.45) is 1.05. The minimum atomic E-state index is -3.16. The van der Waals surface area contributed by atoms with Crippen molar-refractivity contribution in [1.29, 1.82) is 0 Å². The summed E-state index contributed by atoms with van der Waals surface area (Å²) in [6.45, 7) is 0. The van der Waals surface area contributed by atoms with Gasteiger partial charge in [0.05, 0.1) is 11.5 Å². The van der Waals surface area contributed by atoms with Crippen LogP contribution in [0.2, 0.25) is 0 Å². The lowest BCUT2D eigenvalue weighted by Gasteiger charge is -2.10. The molecule has 0 radical (unpaired) electrons. The normalized spacial score (nSPS) is 20.2. The fourth-order valence-electron chi connectivity index (χ4n) is 2.00. The first kappa shape index (κ1) is 12.1. The molecule has 0 saturated carbocycles. The third-order valence-corrected chi connectivity index (χ3v) is 4.45. The maximum Gasteiger partial charge on any atom is 0.220 e. The van der Waals surface area contributed by atoms with E-state index in [1.165, 1.54) is 0 Å². The molecule has 1 N–H and O–H groups in total. The van der Waals surface area contributed by atoms with Crippen molar-refractivity contribution in [3.8, 4) is 0 Å². The van der Waals surface area contributed by atoms with Crippen molar-refractivity contribution in [2.24, 2.45) is 0 Å². The number of hydrogen-bond acceptors (Lipinski definition) is 3. The highest BCUT2D eigenvalue weighted by atomic mass is 32.2. The highest BCUT2D eigenvalue weighted by Gasteiger charge is 2.26. The van der Waals surface area contributed by atoms with Crippen molar-refractivity contribution >= 4 is 15.7 Å². The van der Waals surface area contributed by atoms with Crippen LogP contribution in [-0.4, -0.2) is 26.1 Å². The Bertz CT molecular complexity index is 496. The van der Waals surface area contributed by atoms with Gasteiger partial charge in [0, 0.05) is 12.5 Å². The maximum atomic E-state index is 11.9. The molecular formula is C12H15NO3S. The molecule has 2 rings (SSSR count). The second kappa shape index (κ2) is 4.87. The van der Waals surface area contributed by atoms with Gasteiger partial charge in [-0.15, -0.1) is 0 Å². The van der Waals surface area contributed by atoms with E-state index in [4.69, 9.17) is 0 Å². The number of hydrogen-bond donors (Lipinski definition) is 1. The minimum Gasteiger partial charge on any atom is -0.352 e. The van der Waals surface area contributed by atoms with Gasteiger partial charge in [0.1, 0.15) is 0 Å². The molecule has 1 aliphatic rings. The van der Waals surface area contributed by atoms with Crippen molar-refractivity contribution in [2.75, 3.05) is 5.75 Å². The highest BCUT2D eigenvalue weighted by molar-refractivity contribution is 7.90. The first-order valence-electron chi connectivity index (χ1n) is 5.59. The van der Waals surface area contributed by atoms with Crippen LogP contribution in [0.5, 0.6) is 0 Å². The molecule has 1 amide bonds. The van der Waals surface area contributed by atoms with Gasteiger partial charge < -0.3 is 5.32 Å². The molecule has 0 spiro atoms. The zero-order valence-corrected chi connectivity index (χ0v) is 10.2. The fraction of sp³-hybridized carbons (Fsp3) is 0.417. The summed E-state index contributed by atoms with van der Waals surface area (Å²) in [5.41, 5.74) is 0.789. The standard InChI is InChI=1S/C12H15NO3S/c14-12-7-6-11(13-12)9-17(15,16)8-10-4-2-1-3-5-10/h1-5,11H,6-9H2,(H,13,14)/t11-/m1/s1. The Morgan fingerprint density at radius 3 is 2.53 bits per heavy atom. The Morgan fingerprint density at radius 2 is 1.94 bits per heavy atom. The molecule has 0 bridgehead atoms. The number of amides is 1. The predicted octanol–water partition coefficient (Wildman–Crippen LogP) is 0.880. The van der Waals surface area contributed by atoms with Crippen LogP contribution in [0.25, 0.3) is 0 Å². The molecule has 0 unspecified atom stereocenters. The Hall–Kier alpha value is -1.36. The Balaban J connectivity index is 1.98. The van der Waals surface area contributed by atoms with Crippen LogP contribution in [0.15, 0.2) is 30.3 Å². The largest absolute Gasteiger partial charge is 0.352 e. The van der Waals surface area contributed by atoms with E-state index in [1.54, 1.807) is 12.1 Å². The molecule has 1 aliphatic heterocycles. The first-order valence-corrected chi connectivity index (χ1v) is 7.41. The van der Waals surface area contributed by atoms with E-state index in [-0.39, 0.29) is 23.5 Å². The van der Waals surface area contributed by atoms with Crippen LogP contribution in [-0.2, 0) is 20.4 Å². The van der Waals surface area contributed by atoms with Gasteiger partial charge in [0.25, 0.3) is 0 Å². The van der Waals surface area contributed by atoms with Crippen LogP contribution in [0, 0.1) is 0 Å². The quantitative estimate of drug-likeness (QED) is 0.866. The second-order valence-electron chi connectivity index (χ2n) is 4.34. The molecule has 4 nitrogen and oxygen atoms in total. The lowest BCUT2D eigenvalue weighted by atomic mass is 10.2. The molecule has 1 aromatic rings. The molecular weight excluding hydrogens is 238 g/mol. The molecule has 92 valence electrons. The Morgan fingerprint density at radius 1 is 1.24 bits per heavy atom. The Kier molecular flexibility index (Phi) is 3.47. The van der Waals surface area contributed by atoms with Crippen molar-refractivity contribution < 1.29 is 13.2 Å². The SMILES string of the molecule is O=C1CC[C@H](CS(=O)(=O)Cc2ccccc2)N1. The molecule has 0 aromatic heterocycles. The van der Waals surface area contributed by atoms with Gasteiger partial charge in [0.2, 0.25) is 5.91 Å². The van der Waals surface area contributed by atoms with Crippen LogP contribution >= 0.6 is 0 Å². The smallest absolute Gasteiger partial charge is 0.220 e. The molecule has 1 saturated heterocycles. The monoisotopic (exact) mass is 253 g/mol. The van der Waals surface area contributed by atoms with E-state index in [9.17, 15) is 13.2 Å². The van der Waals surface area contributed by atoms with E-state index in [0.717, 1.165) is 5.56 Å². The molecule has 1 heterocycles. The van der Waals surface area contributed by atoms with E-state index in [1.807, 2.05) is 18.2 Å².